The molecule has 14 heteroatoms. The first-order valence-corrected chi connectivity index (χ1v) is 11.1. The maximum absolute atomic E-state index is 11.2. The van der Waals surface area contributed by atoms with Crippen LogP contribution in [-0.4, -0.2) is 54.0 Å². The molecule has 0 unspecified atom stereocenters. The Bertz CT molecular complexity index is 1160. The molecule has 0 spiro atoms. The summed E-state index contributed by atoms with van der Waals surface area (Å²) in [4.78, 5) is 0. The zero-order valence-corrected chi connectivity index (χ0v) is 17.7. The zero-order chi connectivity index (χ0) is 22.4. The van der Waals surface area contributed by atoms with Crippen molar-refractivity contribution in [2.45, 2.75) is 5.75 Å². The number of nitrogens with two attached hydrogens (primary N) is 1. The van der Waals surface area contributed by atoms with E-state index in [9.17, 15) is 21.9 Å². The molecule has 0 aliphatic carbocycles. The van der Waals surface area contributed by atoms with Crippen LogP contribution in [0, 0.1) is 0 Å². The molecule has 0 heterocycles. The van der Waals surface area contributed by atoms with Crippen LogP contribution in [0.1, 0.15) is 5.56 Å². The first-order chi connectivity index (χ1) is 13.3. The molecule has 0 radical (unpaired) electrons. The molecule has 0 saturated carbocycles. The highest BCUT2D eigenvalue weighted by molar-refractivity contribution is 7.86. The zero-order valence-electron chi connectivity index (χ0n) is 16.1. The molecule has 4 N–H and O–H groups in total. The molecule has 0 amide bonds. The topological polar surface area (TPSA) is 193 Å². The predicted octanol–water partition coefficient (Wildman–Crippen LogP) is 2.53. The molecule has 2 aromatic carbocycles. The van der Waals surface area contributed by atoms with Crippen LogP contribution < -0.4 is 5.73 Å². The Morgan fingerprint density at radius 1 is 1.10 bits per heavy atom. The van der Waals surface area contributed by atoms with Crippen LogP contribution in [0.3, 0.4) is 0 Å². The molecular weight excluding hydrogens is 426 g/mol. The number of fused-ring (bicyclic) bond motifs is 1. The van der Waals surface area contributed by atoms with E-state index in [4.69, 9.17) is 10.3 Å². The SMILES string of the molecule is CN=Nc1ccc2cc(CS(=O)(=O)O)c(N=NC)c(O)c2c1N.COS(C)(=O)=O. The summed E-state index contributed by atoms with van der Waals surface area (Å²) >= 11 is 0. The minimum atomic E-state index is -4.31. The molecule has 0 aliphatic rings. The number of phenols is 1. The lowest BCUT2D eigenvalue weighted by Crippen LogP contribution is -2.02. The van der Waals surface area contributed by atoms with Crippen LogP contribution in [0.4, 0.5) is 17.1 Å². The van der Waals surface area contributed by atoms with Gasteiger partial charge in [0.15, 0.2) is 5.75 Å². The van der Waals surface area contributed by atoms with Gasteiger partial charge in [-0.2, -0.15) is 37.3 Å². The fourth-order valence-electron chi connectivity index (χ4n) is 2.25. The summed E-state index contributed by atoms with van der Waals surface area (Å²) in [7, 11) is -3.50. The van der Waals surface area contributed by atoms with Crippen LogP contribution in [0.15, 0.2) is 38.7 Å². The van der Waals surface area contributed by atoms with Crippen LogP contribution >= 0.6 is 0 Å². The van der Waals surface area contributed by atoms with Gasteiger partial charge in [-0.3, -0.25) is 8.74 Å². The lowest BCUT2D eigenvalue weighted by atomic mass is 10.0. The lowest BCUT2D eigenvalue weighted by Gasteiger charge is -2.12. The quantitative estimate of drug-likeness (QED) is 0.269. The predicted molar refractivity (Wildman–Crippen MR) is 108 cm³/mol. The van der Waals surface area contributed by atoms with E-state index in [1.165, 1.54) is 20.2 Å². The van der Waals surface area contributed by atoms with Gasteiger partial charge in [0.2, 0.25) is 0 Å². The van der Waals surface area contributed by atoms with E-state index in [1.54, 1.807) is 12.1 Å². The van der Waals surface area contributed by atoms with Crippen molar-refractivity contribution in [2.75, 3.05) is 33.2 Å². The second-order valence-corrected chi connectivity index (χ2v) is 8.72. The highest BCUT2D eigenvalue weighted by Crippen LogP contribution is 2.44. The Morgan fingerprint density at radius 3 is 2.10 bits per heavy atom. The Kier molecular flexibility index (Phi) is 8.14. The molecule has 2 rings (SSSR count). The van der Waals surface area contributed by atoms with Gasteiger partial charge in [0.05, 0.1) is 24.4 Å². The third-order valence-electron chi connectivity index (χ3n) is 3.40. The number of phenolic OH excluding ortho intramolecular Hbond substituents is 1. The Labute approximate surface area is 168 Å². The van der Waals surface area contributed by atoms with Gasteiger partial charge in [-0.1, -0.05) is 6.07 Å². The van der Waals surface area contributed by atoms with Crippen molar-refractivity contribution in [3.63, 3.8) is 0 Å². The number of benzene rings is 2. The number of rotatable bonds is 5. The average molecular weight is 447 g/mol. The van der Waals surface area contributed by atoms with E-state index in [-0.39, 0.29) is 28.1 Å². The summed E-state index contributed by atoms with van der Waals surface area (Å²) in [6.45, 7) is 0. The van der Waals surface area contributed by atoms with E-state index in [0.717, 1.165) is 13.4 Å². The Morgan fingerprint density at radius 2 is 1.66 bits per heavy atom. The lowest BCUT2D eigenvalue weighted by molar-refractivity contribution is 0.403. The van der Waals surface area contributed by atoms with Gasteiger partial charge < -0.3 is 10.8 Å². The molecule has 0 atom stereocenters. The molecule has 12 nitrogen and oxygen atoms in total. The second-order valence-electron chi connectivity index (χ2n) is 5.53. The maximum atomic E-state index is 11.2. The largest absolute Gasteiger partial charge is 0.505 e. The van der Waals surface area contributed by atoms with E-state index in [2.05, 4.69) is 24.6 Å². The first-order valence-electron chi connectivity index (χ1n) is 7.72. The van der Waals surface area contributed by atoms with Crippen molar-refractivity contribution in [3.05, 3.63) is 23.8 Å². The molecule has 29 heavy (non-hydrogen) atoms. The summed E-state index contributed by atoms with van der Waals surface area (Å²) in [5, 5.41) is 26.0. The van der Waals surface area contributed by atoms with Crippen molar-refractivity contribution in [1.82, 2.24) is 0 Å². The Balaban J connectivity index is 0.000000612. The number of azo groups is 2. The molecular formula is C15H21N5O7S2. The van der Waals surface area contributed by atoms with Crippen LogP contribution in [0.2, 0.25) is 0 Å². The number of anilines is 1. The van der Waals surface area contributed by atoms with Crippen molar-refractivity contribution in [1.29, 1.82) is 0 Å². The van der Waals surface area contributed by atoms with Gasteiger partial charge >= 0.3 is 0 Å². The van der Waals surface area contributed by atoms with Crippen LogP contribution in [0.25, 0.3) is 10.8 Å². The van der Waals surface area contributed by atoms with E-state index < -0.39 is 26.0 Å². The minimum Gasteiger partial charge on any atom is -0.505 e. The minimum absolute atomic E-state index is 0.0742. The second kappa shape index (κ2) is 9.69. The molecule has 0 aliphatic heterocycles. The number of hydrogen-bond acceptors (Lipinski definition) is 11. The summed E-state index contributed by atoms with van der Waals surface area (Å²) < 4.78 is 54.8. The van der Waals surface area contributed by atoms with Gasteiger partial charge in [0.25, 0.3) is 20.2 Å². The van der Waals surface area contributed by atoms with Crippen molar-refractivity contribution in [2.24, 2.45) is 20.5 Å². The highest BCUT2D eigenvalue weighted by atomic mass is 32.2. The number of nitrogens with zero attached hydrogens (tertiary/aromatic N) is 4. The van der Waals surface area contributed by atoms with Crippen LogP contribution in [-0.2, 0) is 30.2 Å². The fraction of sp³-hybridized carbons (Fsp3) is 0.333. The van der Waals surface area contributed by atoms with Gasteiger partial charge in [-0.25, -0.2) is 0 Å². The third kappa shape index (κ3) is 7.01. The molecule has 2 aromatic rings. The van der Waals surface area contributed by atoms with E-state index >= 15 is 0 Å². The van der Waals surface area contributed by atoms with Crippen LogP contribution in [0.5, 0.6) is 5.75 Å². The average Bonchev–Trinajstić information content (AvgIpc) is 2.59. The normalized spacial score (nSPS) is 12.4. The standard InChI is InChI=1S/C13H15N5O4S.C2H6O3S/c1-15-17-9-4-3-7-5-8(6-23(20,21)22)12(18-16-2)13(19)10(7)11(9)14;1-5-6(2,3)4/h3-5,19H,6,14H2,1-2H3,(H,20,21,22);1-2H3. The van der Waals surface area contributed by atoms with E-state index in [1.807, 2.05) is 0 Å². The highest BCUT2D eigenvalue weighted by Gasteiger charge is 2.20. The van der Waals surface area contributed by atoms with E-state index in [0.29, 0.717) is 11.1 Å². The molecule has 0 aromatic heterocycles. The maximum Gasteiger partial charge on any atom is 0.269 e. The molecule has 160 valence electrons. The third-order valence-corrected chi connectivity index (χ3v) is 4.68. The Hall–Kier alpha value is -2.68. The molecule has 0 fully saturated rings. The molecule has 0 saturated heterocycles. The van der Waals surface area contributed by atoms with Gasteiger partial charge in [-0.15, -0.1) is 0 Å². The van der Waals surface area contributed by atoms with Gasteiger partial charge in [-0.05, 0) is 17.5 Å². The van der Waals surface area contributed by atoms with Gasteiger partial charge in [0, 0.05) is 19.7 Å². The van der Waals surface area contributed by atoms with Crippen molar-refractivity contribution >= 4 is 48.1 Å². The van der Waals surface area contributed by atoms with Crippen molar-refractivity contribution in [3.8, 4) is 5.75 Å². The summed E-state index contributed by atoms with van der Waals surface area (Å²) in [6.07, 6.45) is 0.993. The smallest absolute Gasteiger partial charge is 0.269 e. The first kappa shape index (κ1) is 24.4. The number of aromatic hydroxyl groups is 1. The van der Waals surface area contributed by atoms with Crippen molar-refractivity contribution < 1.29 is 30.7 Å². The summed E-state index contributed by atoms with van der Waals surface area (Å²) in [5.41, 5.74) is 6.56. The monoisotopic (exact) mass is 447 g/mol. The van der Waals surface area contributed by atoms with Gasteiger partial charge in [0.1, 0.15) is 17.1 Å². The summed E-state index contributed by atoms with van der Waals surface area (Å²) in [6, 6.07) is 4.66. The fourth-order valence-corrected chi connectivity index (χ4v) is 2.86. The number of hydrogen-bond donors (Lipinski definition) is 3. The number of nitrogen functional groups attached to an aromatic ring is 1. The molecule has 0 bridgehead atoms. The summed E-state index contributed by atoms with van der Waals surface area (Å²) in [5.74, 6) is -1.04.